The van der Waals surface area contributed by atoms with Gasteiger partial charge in [-0.25, -0.2) is 4.79 Å². The number of hydrogen-bond acceptors (Lipinski definition) is 5. The SMILES string of the molecule is CCNC(=O)NC(=O)CNc1cc(Cl)ccc1N1CCOCC1. The van der Waals surface area contributed by atoms with Crippen molar-refractivity contribution in [2.75, 3.05) is 49.6 Å². The molecule has 0 saturated carbocycles. The second kappa shape index (κ2) is 8.59. The molecule has 126 valence electrons. The quantitative estimate of drug-likeness (QED) is 0.755. The fraction of sp³-hybridized carbons (Fsp3) is 0.467. The molecule has 1 aromatic carbocycles. The molecule has 7 nitrogen and oxygen atoms in total. The number of hydrogen-bond donors (Lipinski definition) is 3. The zero-order chi connectivity index (χ0) is 16.7. The molecule has 0 radical (unpaired) electrons. The van der Waals surface area contributed by atoms with Crippen LogP contribution in [0.1, 0.15) is 6.92 Å². The van der Waals surface area contributed by atoms with E-state index in [4.69, 9.17) is 16.3 Å². The molecule has 1 heterocycles. The van der Waals surface area contributed by atoms with Crippen LogP contribution in [0.25, 0.3) is 0 Å². The lowest BCUT2D eigenvalue weighted by atomic mass is 10.2. The maximum atomic E-state index is 11.8. The number of nitrogens with zero attached hydrogens (tertiary/aromatic N) is 1. The van der Waals surface area contributed by atoms with Crippen molar-refractivity contribution in [2.24, 2.45) is 0 Å². The van der Waals surface area contributed by atoms with Crippen LogP contribution >= 0.6 is 11.6 Å². The number of nitrogens with one attached hydrogen (secondary N) is 3. The van der Waals surface area contributed by atoms with E-state index in [-0.39, 0.29) is 6.54 Å². The van der Waals surface area contributed by atoms with Crippen LogP contribution in [0.4, 0.5) is 16.2 Å². The molecule has 3 amide bonds. The molecule has 1 fully saturated rings. The molecule has 0 aliphatic carbocycles. The Morgan fingerprint density at radius 2 is 2.04 bits per heavy atom. The molecule has 2 rings (SSSR count). The molecule has 3 N–H and O–H groups in total. The predicted molar refractivity (Wildman–Crippen MR) is 90.2 cm³/mol. The lowest BCUT2D eigenvalue weighted by Crippen LogP contribution is -2.42. The van der Waals surface area contributed by atoms with Crippen LogP contribution in [0.3, 0.4) is 0 Å². The van der Waals surface area contributed by atoms with Crippen molar-refractivity contribution >= 4 is 34.9 Å². The molecular formula is C15H21ClN4O3. The number of anilines is 2. The summed E-state index contributed by atoms with van der Waals surface area (Å²) in [5.74, 6) is -0.413. The fourth-order valence-electron chi connectivity index (χ4n) is 2.28. The molecule has 0 atom stereocenters. The zero-order valence-electron chi connectivity index (χ0n) is 13.0. The molecule has 1 saturated heterocycles. The summed E-state index contributed by atoms with van der Waals surface area (Å²) in [6.07, 6.45) is 0. The summed E-state index contributed by atoms with van der Waals surface area (Å²) in [6, 6.07) is 4.99. The molecule has 1 aliphatic rings. The summed E-state index contributed by atoms with van der Waals surface area (Å²) < 4.78 is 5.35. The summed E-state index contributed by atoms with van der Waals surface area (Å²) in [5.41, 5.74) is 1.72. The van der Waals surface area contributed by atoms with Crippen molar-refractivity contribution in [3.63, 3.8) is 0 Å². The number of carbonyl (C=O) groups excluding carboxylic acids is 2. The fourth-order valence-corrected chi connectivity index (χ4v) is 2.45. The van der Waals surface area contributed by atoms with E-state index in [1.807, 2.05) is 12.1 Å². The average molecular weight is 341 g/mol. The second-order valence-corrected chi connectivity index (χ2v) is 5.46. The number of imide groups is 1. The second-order valence-electron chi connectivity index (χ2n) is 5.02. The van der Waals surface area contributed by atoms with Crippen molar-refractivity contribution in [1.82, 2.24) is 10.6 Å². The van der Waals surface area contributed by atoms with Crippen LogP contribution in [0.2, 0.25) is 5.02 Å². The van der Waals surface area contributed by atoms with Gasteiger partial charge in [0.05, 0.1) is 31.1 Å². The lowest BCUT2D eigenvalue weighted by molar-refractivity contribution is -0.118. The Morgan fingerprint density at radius 3 is 2.74 bits per heavy atom. The van der Waals surface area contributed by atoms with Gasteiger partial charge in [0, 0.05) is 24.7 Å². The monoisotopic (exact) mass is 340 g/mol. The molecule has 1 aliphatic heterocycles. The van der Waals surface area contributed by atoms with E-state index in [0.29, 0.717) is 24.8 Å². The largest absolute Gasteiger partial charge is 0.378 e. The number of benzene rings is 1. The van der Waals surface area contributed by atoms with Gasteiger partial charge < -0.3 is 20.3 Å². The molecule has 1 aromatic rings. The molecule has 0 unspecified atom stereocenters. The minimum atomic E-state index is -0.501. The van der Waals surface area contributed by atoms with Gasteiger partial charge >= 0.3 is 6.03 Å². The summed E-state index contributed by atoms with van der Waals surface area (Å²) in [6.45, 7) is 5.11. The van der Waals surface area contributed by atoms with E-state index in [9.17, 15) is 9.59 Å². The molecule has 0 aromatic heterocycles. The third-order valence-electron chi connectivity index (χ3n) is 3.34. The van der Waals surface area contributed by atoms with Crippen LogP contribution in [0.5, 0.6) is 0 Å². The number of morpholine rings is 1. The van der Waals surface area contributed by atoms with Gasteiger partial charge in [0.2, 0.25) is 5.91 Å². The minimum absolute atomic E-state index is 0.0190. The van der Waals surface area contributed by atoms with Gasteiger partial charge in [-0.1, -0.05) is 11.6 Å². The van der Waals surface area contributed by atoms with Crippen LogP contribution < -0.4 is 20.9 Å². The summed E-state index contributed by atoms with van der Waals surface area (Å²) in [7, 11) is 0. The highest BCUT2D eigenvalue weighted by atomic mass is 35.5. The molecule has 0 bridgehead atoms. The Morgan fingerprint density at radius 1 is 1.30 bits per heavy atom. The third kappa shape index (κ3) is 5.30. The Hall–Kier alpha value is -1.99. The van der Waals surface area contributed by atoms with E-state index >= 15 is 0 Å². The summed E-state index contributed by atoms with van der Waals surface area (Å²) in [4.78, 5) is 25.3. The number of amides is 3. The average Bonchev–Trinajstić information content (AvgIpc) is 2.54. The smallest absolute Gasteiger partial charge is 0.321 e. The molecule has 23 heavy (non-hydrogen) atoms. The van der Waals surface area contributed by atoms with E-state index < -0.39 is 11.9 Å². The highest BCUT2D eigenvalue weighted by molar-refractivity contribution is 6.31. The number of halogens is 1. The predicted octanol–water partition coefficient (Wildman–Crippen LogP) is 1.43. The standard InChI is InChI=1S/C15H21ClN4O3/c1-2-17-15(22)19-14(21)10-18-12-9-11(16)3-4-13(12)20-5-7-23-8-6-20/h3-4,9,18H,2,5-8,10H2,1H3,(H2,17,19,21,22). The molecular weight excluding hydrogens is 320 g/mol. The maximum absolute atomic E-state index is 11.8. The first-order chi connectivity index (χ1) is 11.1. The van der Waals surface area contributed by atoms with Crippen molar-refractivity contribution in [1.29, 1.82) is 0 Å². The highest BCUT2D eigenvalue weighted by Gasteiger charge is 2.16. The molecule has 0 spiro atoms. The third-order valence-corrected chi connectivity index (χ3v) is 3.58. The Bertz CT molecular complexity index is 562. The maximum Gasteiger partial charge on any atom is 0.321 e. The first kappa shape index (κ1) is 17.4. The van der Waals surface area contributed by atoms with Gasteiger partial charge in [-0.05, 0) is 25.1 Å². The van der Waals surface area contributed by atoms with Crippen LogP contribution in [-0.4, -0.2) is 51.3 Å². The highest BCUT2D eigenvalue weighted by Crippen LogP contribution is 2.29. The van der Waals surface area contributed by atoms with E-state index in [1.165, 1.54) is 0 Å². The van der Waals surface area contributed by atoms with Gasteiger partial charge in [0.1, 0.15) is 0 Å². The minimum Gasteiger partial charge on any atom is -0.378 e. The van der Waals surface area contributed by atoms with E-state index in [1.54, 1.807) is 13.0 Å². The van der Waals surface area contributed by atoms with Crippen LogP contribution in [-0.2, 0) is 9.53 Å². The number of ether oxygens (including phenoxy) is 1. The number of carbonyl (C=O) groups is 2. The normalized spacial score (nSPS) is 14.3. The molecule has 8 heteroatoms. The first-order valence-electron chi connectivity index (χ1n) is 7.54. The van der Waals surface area contributed by atoms with E-state index in [0.717, 1.165) is 24.5 Å². The van der Waals surface area contributed by atoms with Gasteiger partial charge in [-0.3, -0.25) is 10.1 Å². The van der Waals surface area contributed by atoms with Crippen molar-refractivity contribution in [3.8, 4) is 0 Å². The Kier molecular flexibility index (Phi) is 6.49. The topological polar surface area (TPSA) is 82.7 Å². The zero-order valence-corrected chi connectivity index (χ0v) is 13.8. The van der Waals surface area contributed by atoms with Crippen LogP contribution in [0.15, 0.2) is 18.2 Å². The Labute approximate surface area is 140 Å². The van der Waals surface area contributed by atoms with Gasteiger partial charge in [-0.15, -0.1) is 0 Å². The number of rotatable bonds is 5. The van der Waals surface area contributed by atoms with Gasteiger partial charge in [0.15, 0.2) is 0 Å². The van der Waals surface area contributed by atoms with Gasteiger partial charge in [-0.2, -0.15) is 0 Å². The van der Waals surface area contributed by atoms with E-state index in [2.05, 4.69) is 20.9 Å². The van der Waals surface area contributed by atoms with Gasteiger partial charge in [0.25, 0.3) is 0 Å². The van der Waals surface area contributed by atoms with Crippen molar-refractivity contribution in [3.05, 3.63) is 23.2 Å². The summed E-state index contributed by atoms with van der Waals surface area (Å²) in [5, 5.41) is 8.37. The van der Waals surface area contributed by atoms with Crippen molar-refractivity contribution < 1.29 is 14.3 Å². The summed E-state index contributed by atoms with van der Waals surface area (Å²) >= 11 is 6.05. The van der Waals surface area contributed by atoms with Crippen LogP contribution in [0, 0.1) is 0 Å². The lowest BCUT2D eigenvalue weighted by Gasteiger charge is -2.30. The number of urea groups is 1. The van der Waals surface area contributed by atoms with Crippen molar-refractivity contribution in [2.45, 2.75) is 6.92 Å². The first-order valence-corrected chi connectivity index (χ1v) is 7.91. The Balaban J connectivity index is 1.99.